The van der Waals surface area contributed by atoms with Crippen molar-refractivity contribution in [1.82, 2.24) is 9.80 Å². The van der Waals surface area contributed by atoms with Crippen molar-refractivity contribution >= 4 is 40.7 Å². The van der Waals surface area contributed by atoms with Crippen molar-refractivity contribution in [3.05, 3.63) is 27.7 Å². The fourth-order valence-electron chi connectivity index (χ4n) is 1.74. The number of hydrogen-bond acceptors (Lipinski definition) is 3. The monoisotopic (exact) mass is 331 g/mol. The van der Waals surface area contributed by atoms with Crippen LogP contribution in [-0.4, -0.2) is 48.8 Å². The van der Waals surface area contributed by atoms with E-state index in [2.05, 4.69) is 0 Å². The van der Waals surface area contributed by atoms with Gasteiger partial charge in [0.1, 0.15) is 6.54 Å². The van der Waals surface area contributed by atoms with Crippen LogP contribution < -0.4 is 5.73 Å². The molecular weight excluding hydrogens is 313 g/mol. The molecule has 0 spiro atoms. The van der Waals surface area contributed by atoms with Gasteiger partial charge in [-0.05, 0) is 18.6 Å². The standard InChI is InChI=1S/C14H19Cl2N3O2/c1-4-5-19(8-12(20)18(2)3)14(21)9-6-10(15)13(16)11(17)7-9/h6-7H,4-5,8,17H2,1-3H3. The Morgan fingerprint density at radius 1 is 1.24 bits per heavy atom. The normalized spacial score (nSPS) is 10.3. The van der Waals surface area contributed by atoms with Gasteiger partial charge in [0.05, 0.1) is 15.7 Å². The molecule has 5 nitrogen and oxygen atoms in total. The fourth-order valence-corrected chi connectivity index (χ4v) is 2.08. The number of likely N-dealkylation sites (N-methyl/N-ethyl adjacent to an activating group) is 1. The molecule has 0 bridgehead atoms. The number of amides is 2. The lowest BCUT2D eigenvalue weighted by atomic mass is 10.1. The Kier molecular flexibility index (Phi) is 6.30. The minimum absolute atomic E-state index is 0.0137. The molecule has 0 saturated carbocycles. The lowest BCUT2D eigenvalue weighted by molar-refractivity contribution is -0.129. The Morgan fingerprint density at radius 2 is 1.86 bits per heavy atom. The van der Waals surface area contributed by atoms with Gasteiger partial charge in [-0.3, -0.25) is 9.59 Å². The Hall–Kier alpha value is -1.46. The zero-order valence-electron chi connectivity index (χ0n) is 12.3. The van der Waals surface area contributed by atoms with Gasteiger partial charge in [-0.1, -0.05) is 30.1 Å². The summed E-state index contributed by atoms with van der Waals surface area (Å²) in [5.41, 5.74) is 6.28. The highest BCUT2D eigenvalue weighted by Crippen LogP contribution is 2.29. The SMILES string of the molecule is CCCN(CC(=O)N(C)C)C(=O)c1cc(N)c(Cl)c(Cl)c1. The van der Waals surface area contributed by atoms with Crippen molar-refractivity contribution < 1.29 is 9.59 Å². The zero-order chi connectivity index (χ0) is 16.2. The fraction of sp³-hybridized carbons (Fsp3) is 0.429. The minimum atomic E-state index is -0.294. The lowest BCUT2D eigenvalue weighted by Gasteiger charge is -2.23. The first kappa shape index (κ1) is 17.6. The van der Waals surface area contributed by atoms with E-state index in [0.717, 1.165) is 6.42 Å². The number of carbonyl (C=O) groups excluding carboxylic acids is 2. The van der Waals surface area contributed by atoms with E-state index in [4.69, 9.17) is 28.9 Å². The van der Waals surface area contributed by atoms with Gasteiger partial charge in [0.25, 0.3) is 5.91 Å². The van der Waals surface area contributed by atoms with Crippen LogP contribution in [0.1, 0.15) is 23.7 Å². The number of halogens is 2. The summed E-state index contributed by atoms with van der Waals surface area (Å²) in [6, 6.07) is 2.94. The number of rotatable bonds is 5. The van der Waals surface area contributed by atoms with Crippen LogP contribution in [-0.2, 0) is 4.79 Å². The van der Waals surface area contributed by atoms with Gasteiger partial charge < -0.3 is 15.5 Å². The third-order valence-corrected chi connectivity index (χ3v) is 3.73. The zero-order valence-corrected chi connectivity index (χ0v) is 13.8. The van der Waals surface area contributed by atoms with Crippen LogP contribution in [0, 0.1) is 0 Å². The average molecular weight is 332 g/mol. The maximum atomic E-state index is 12.5. The first-order chi connectivity index (χ1) is 9.77. The molecule has 0 aliphatic rings. The summed E-state index contributed by atoms with van der Waals surface area (Å²) in [5, 5.41) is 0.440. The van der Waals surface area contributed by atoms with E-state index in [9.17, 15) is 9.59 Å². The van der Waals surface area contributed by atoms with E-state index in [-0.39, 0.29) is 34.1 Å². The topological polar surface area (TPSA) is 66.6 Å². The number of nitrogens with zero attached hydrogens (tertiary/aromatic N) is 2. The van der Waals surface area contributed by atoms with Crippen LogP contribution in [0.25, 0.3) is 0 Å². The molecule has 0 saturated heterocycles. The number of benzene rings is 1. The molecule has 0 atom stereocenters. The summed E-state index contributed by atoms with van der Waals surface area (Å²) in [6.45, 7) is 2.42. The smallest absolute Gasteiger partial charge is 0.254 e. The summed E-state index contributed by atoms with van der Waals surface area (Å²) in [7, 11) is 3.29. The molecule has 0 heterocycles. The summed E-state index contributed by atoms with van der Waals surface area (Å²) in [5.74, 6) is -0.442. The molecule has 0 aliphatic heterocycles. The number of anilines is 1. The molecule has 1 aromatic carbocycles. The van der Waals surface area contributed by atoms with Crippen molar-refractivity contribution in [2.45, 2.75) is 13.3 Å². The Balaban J connectivity index is 3.03. The van der Waals surface area contributed by atoms with Gasteiger partial charge in [-0.15, -0.1) is 0 Å². The molecule has 7 heteroatoms. The number of nitrogens with two attached hydrogens (primary N) is 1. The van der Waals surface area contributed by atoms with E-state index in [0.29, 0.717) is 12.1 Å². The van der Waals surface area contributed by atoms with E-state index >= 15 is 0 Å². The van der Waals surface area contributed by atoms with E-state index in [1.807, 2.05) is 6.92 Å². The molecule has 2 N–H and O–H groups in total. The molecule has 0 aliphatic carbocycles. The quantitative estimate of drug-likeness (QED) is 0.843. The first-order valence-electron chi connectivity index (χ1n) is 6.51. The first-order valence-corrected chi connectivity index (χ1v) is 7.27. The third-order valence-electron chi connectivity index (χ3n) is 2.91. The molecule has 116 valence electrons. The van der Waals surface area contributed by atoms with Gasteiger partial charge in [0, 0.05) is 26.2 Å². The van der Waals surface area contributed by atoms with E-state index < -0.39 is 0 Å². The van der Waals surface area contributed by atoms with Crippen LogP contribution >= 0.6 is 23.2 Å². The number of hydrogen-bond donors (Lipinski definition) is 1. The average Bonchev–Trinajstić information content (AvgIpc) is 2.42. The molecule has 0 radical (unpaired) electrons. The number of carbonyl (C=O) groups is 2. The molecular formula is C14H19Cl2N3O2. The molecule has 0 aromatic heterocycles. The summed E-state index contributed by atoms with van der Waals surface area (Å²) in [6.07, 6.45) is 0.739. The van der Waals surface area contributed by atoms with Crippen LogP contribution in [0.5, 0.6) is 0 Å². The third kappa shape index (κ3) is 4.51. The second kappa shape index (κ2) is 7.52. The molecule has 0 unspecified atom stereocenters. The van der Waals surface area contributed by atoms with Gasteiger partial charge in [-0.2, -0.15) is 0 Å². The summed E-state index contributed by atoms with van der Waals surface area (Å²) in [4.78, 5) is 27.2. The predicted octanol–water partition coefficient (Wildman–Crippen LogP) is 2.52. The van der Waals surface area contributed by atoms with Crippen LogP contribution in [0.4, 0.5) is 5.69 Å². The largest absolute Gasteiger partial charge is 0.397 e. The van der Waals surface area contributed by atoms with Gasteiger partial charge >= 0.3 is 0 Å². The Labute approximate surface area is 134 Å². The second-order valence-electron chi connectivity index (χ2n) is 4.88. The van der Waals surface area contributed by atoms with Crippen molar-refractivity contribution in [1.29, 1.82) is 0 Å². The highest BCUT2D eigenvalue weighted by molar-refractivity contribution is 6.43. The maximum absolute atomic E-state index is 12.5. The van der Waals surface area contributed by atoms with Crippen molar-refractivity contribution in [3.8, 4) is 0 Å². The second-order valence-corrected chi connectivity index (χ2v) is 5.66. The molecule has 2 amide bonds. The van der Waals surface area contributed by atoms with Crippen LogP contribution in [0.15, 0.2) is 12.1 Å². The summed E-state index contributed by atoms with van der Waals surface area (Å²) >= 11 is 11.8. The van der Waals surface area contributed by atoms with E-state index in [1.165, 1.54) is 21.9 Å². The van der Waals surface area contributed by atoms with Crippen LogP contribution in [0.2, 0.25) is 10.0 Å². The molecule has 0 fully saturated rings. The number of nitrogen functional groups attached to an aromatic ring is 1. The van der Waals surface area contributed by atoms with Crippen LogP contribution in [0.3, 0.4) is 0 Å². The van der Waals surface area contributed by atoms with Crippen molar-refractivity contribution in [2.75, 3.05) is 32.9 Å². The molecule has 1 aromatic rings. The summed E-state index contributed by atoms with van der Waals surface area (Å²) < 4.78 is 0. The van der Waals surface area contributed by atoms with Gasteiger partial charge in [0.2, 0.25) is 5.91 Å². The van der Waals surface area contributed by atoms with Crippen molar-refractivity contribution in [2.24, 2.45) is 0 Å². The Bertz CT molecular complexity index is 524. The highest BCUT2D eigenvalue weighted by atomic mass is 35.5. The lowest BCUT2D eigenvalue weighted by Crippen LogP contribution is -2.40. The maximum Gasteiger partial charge on any atom is 0.254 e. The molecule has 1 rings (SSSR count). The Morgan fingerprint density at radius 3 is 2.33 bits per heavy atom. The molecule has 21 heavy (non-hydrogen) atoms. The predicted molar refractivity (Wildman–Crippen MR) is 85.8 cm³/mol. The van der Waals surface area contributed by atoms with Gasteiger partial charge in [-0.25, -0.2) is 0 Å². The van der Waals surface area contributed by atoms with Crippen molar-refractivity contribution in [3.63, 3.8) is 0 Å². The minimum Gasteiger partial charge on any atom is -0.397 e. The van der Waals surface area contributed by atoms with E-state index in [1.54, 1.807) is 14.1 Å². The van der Waals surface area contributed by atoms with Gasteiger partial charge in [0.15, 0.2) is 0 Å². The highest BCUT2D eigenvalue weighted by Gasteiger charge is 2.20.